The normalized spacial score (nSPS) is 11.2. The molecule has 116 valence electrons. The quantitative estimate of drug-likeness (QED) is 0.678. The highest BCUT2D eigenvalue weighted by Gasteiger charge is 2.19. The molecule has 1 N–H and O–H groups in total. The van der Waals surface area contributed by atoms with E-state index in [1.165, 1.54) is 6.07 Å². The summed E-state index contributed by atoms with van der Waals surface area (Å²) in [6.07, 6.45) is 0. The summed E-state index contributed by atoms with van der Waals surface area (Å²) >= 11 is 5.61. The molecule has 2 aromatic rings. The number of benzene rings is 2. The Kier molecular flexibility index (Phi) is 4.29. The van der Waals surface area contributed by atoms with Crippen molar-refractivity contribution in [3.8, 4) is 0 Å². The third-order valence-electron chi connectivity index (χ3n) is 2.60. The largest absolute Gasteiger partial charge is 0.289 e. The van der Waals surface area contributed by atoms with Crippen LogP contribution in [0.2, 0.25) is 5.02 Å². The van der Waals surface area contributed by atoms with Crippen molar-refractivity contribution in [1.29, 1.82) is 0 Å². The Labute approximate surface area is 128 Å². The fraction of sp³-hybridized carbons (Fsp3) is 0. The lowest BCUT2D eigenvalue weighted by Crippen LogP contribution is -2.13. The van der Waals surface area contributed by atoms with Gasteiger partial charge in [0, 0.05) is 6.07 Å². The predicted octanol–water partition coefficient (Wildman–Crippen LogP) is 3.33. The minimum atomic E-state index is -4.23. The van der Waals surface area contributed by atoms with Crippen LogP contribution < -0.4 is 4.72 Å². The lowest BCUT2D eigenvalue weighted by molar-refractivity contribution is -0.384. The van der Waals surface area contributed by atoms with Crippen molar-refractivity contribution in [2.45, 2.75) is 4.90 Å². The fourth-order valence-electron chi connectivity index (χ4n) is 1.57. The second-order valence-corrected chi connectivity index (χ2v) is 6.19. The number of halogens is 3. The fourth-order valence-corrected chi connectivity index (χ4v) is 2.82. The van der Waals surface area contributed by atoms with Gasteiger partial charge in [0.1, 0.15) is 5.02 Å². The van der Waals surface area contributed by atoms with Crippen LogP contribution in [-0.4, -0.2) is 13.3 Å². The molecule has 0 radical (unpaired) electrons. The Balaban J connectivity index is 2.38. The molecule has 0 bridgehead atoms. The average Bonchev–Trinajstić information content (AvgIpc) is 2.43. The maximum atomic E-state index is 13.1. The van der Waals surface area contributed by atoms with Crippen molar-refractivity contribution in [3.63, 3.8) is 0 Å². The molecule has 0 unspecified atom stereocenters. The molecule has 22 heavy (non-hydrogen) atoms. The van der Waals surface area contributed by atoms with E-state index in [2.05, 4.69) is 0 Å². The molecule has 0 saturated carbocycles. The summed E-state index contributed by atoms with van der Waals surface area (Å²) < 4.78 is 52.0. The van der Waals surface area contributed by atoms with Gasteiger partial charge in [-0.25, -0.2) is 17.2 Å². The molecule has 0 heterocycles. The zero-order valence-corrected chi connectivity index (χ0v) is 12.2. The van der Waals surface area contributed by atoms with Crippen molar-refractivity contribution >= 4 is 33.0 Å². The van der Waals surface area contributed by atoms with Crippen LogP contribution in [0.3, 0.4) is 0 Å². The topological polar surface area (TPSA) is 89.3 Å². The smallest absolute Gasteiger partial charge is 0.279 e. The molecule has 0 aliphatic rings. The first-order valence-corrected chi connectivity index (χ1v) is 7.48. The summed E-state index contributed by atoms with van der Waals surface area (Å²) in [6, 6.07) is 5.29. The standard InChI is InChI=1S/C12H7ClF2N2O4S/c13-9-3-1-7(5-12(9)17(18)19)16-22(20,21)8-2-4-10(14)11(15)6-8/h1-6,16H. The van der Waals surface area contributed by atoms with Crippen LogP contribution in [0.4, 0.5) is 20.2 Å². The molecular weight excluding hydrogens is 342 g/mol. The second kappa shape index (κ2) is 5.85. The lowest BCUT2D eigenvalue weighted by atomic mass is 10.3. The number of hydrogen-bond donors (Lipinski definition) is 1. The number of nitro benzene ring substituents is 1. The Morgan fingerprint density at radius 2 is 1.77 bits per heavy atom. The minimum Gasteiger partial charge on any atom is -0.279 e. The molecule has 0 amide bonds. The minimum absolute atomic E-state index is 0.138. The number of nitrogens with one attached hydrogen (secondary N) is 1. The third kappa shape index (κ3) is 3.31. The maximum Gasteiger partial charge on any atom is 0.289 e. The average molecular weight is 349 g/mol. The summed E-state index contributed by atoms with van der Waals surface area (Å²) in [5.41, 5.74) is -0.631. The van der Waals surface area contributed by atoms with Gasteiger partial charge in [-0.05, 0) is 30.3 Å². The molecular formula is C12H7ClF2N2O4S. The van der Waals surface area contributed by atoms with E-state index < -0.39 is 37.2 Å². The van der Waals surface area contributed by atoms with Gasteiger partial charge < -0.3 is 0 Å². The zero-order chi connectivity index (χ0) is 16.5. The predicted molar refractivity (Wildman–Crippen MR) is 75.3 cm³/mol. The van der Waals surface area contributed by atoms with Gasteiger partial charge in [0.15, 0.2) is 11.6 Å². The summed E-state index contributed by atoms with van der Waals surface area (Å²) in [5.74, 6) is -2.52. The number of sulfonamides is 1. The van der Waals surface area contributed by atoms with Crippen LogP contribution in [0.5, 0.6) is 0 Å². The number of nitro groups is 1. The SMILES string of the molecule is O=[N+]([O-])c1cc(NS(=O)(=O)c2ccc(F)c(F)c2)ccc1Cl. The van der Waals surface area contributed by atoms with Crippen molar-refractivity contribution in [2.75, 3.05) is 4.72 Å². The Hall–Kier alpha value is -2.26. The Morgan fingerprint density at radius 1 is 1.09 bits per heavy atom. The van der Waals surface area contributed by atoms with Crippen molar-refractivity contribution in [1.82, 2.24) is 0 Å². The molecule has 6 nitrogen and oxygen atoms in total. The summed E-state index contributed by atoms with van der Waals surface area (Å²) in [4.78, 5) is 9.44. The van der Waals surface area contributed by atoms with Crippen LogP contribution in [0.25, 0.3) is 0 Å². The van der Waals surface area contributed by atoms with E-state index in [-0.39, 0.29) is 10.7 Å². The van der Waals surface area contributed by atoms with E-state index in [9.17, 15) is 27.3 Å². The first kappa shape index (κ1) is 16.1. The van der Waals surface area contributed by atoms with Gasteiger partial charge in [-0.15, -0.1) is 0 Å². The molecule has 2 aromatic carbocycles. The van der Waals surface area contributed by atoms with Crippen molar-refractivity contribution in [2.24, 2.45) is 0 Å². The van der Waals surface area contributed by atoms with Crippen LogP contribution in [0.15, 0.2) is 41.3 Å². The number of nitrogens with zero attached hydrogens (tertiary/aromatic N) is 1. The highest BCUT2D eigenvalue weighted by atomic mass is 35.5. The lowest BCUT2D eigenvalue weighted by Gasteiger charge is -2.08. The molecule has 0 aliphatic heterocycles. The molecule has 0 aliphatic carbocycles. The molecule has 10 heteroatoms. The summed E-state index contributed by atoms with van der Waals surface area (Å²) in [7, 11) is -4.23. The van der Waals surface area contributed by atoms with Gasteiger partial charge >= 0.3 is 0 Å². The van der Waals surface area contributed by atoms with E-state index in [1.807, 2.05) is 4.72 Å². The van der Waals surface area contributed by atoms with Gasteiger partial charge in [-0.2, -0.15) is 0 Å². The molecule has 0 spiro atoms. The summed E-state index contributed by atoms with van der Waals surface area (Å²) in [6.45, 7) is 0. The number of hydrogen-bond acceptors (Lipinski definition) is 4. The van der Waals surface area contributed by atoms with E-state index in [4.69, 9.17) is 11.6 Å². The van der Waals surface area contributed by atoms with Gasteiger partial charge in [0.25, 0.3) is 15.7 Å². The second-order valence-electron chi connectivity index (χ2n) is 4.10. The maximum absolute atomic E-state index is 13.1. The van der Waals surface area contributed by atoms with E-state index in [0.717, 1.165) is 18.2 Å². The zero-order valence-electron chi connectivity index (χ0n) is 10.6. The number of anilines is 1. The number of rotatable bonds is 4. The van der Waals surface area contributed by atoms with Crippen molar-refractivity contribution in [3.05, 3.63) is 63.2 Å². The molecule has 0 saturated heterocycles. The van der Waals surface area contributed by atoms with Gasteiger partial charge in [-0.3, -0.25) is 14.8 Å². The van der Waals surface area contributed by atoms with E-state index in [0.29, 0.717) is 12.1 Å². The Morgan fingerprint density at radius 3 is 2.36 bits per heavy atom. The molecule has 0 atom stereocenters. The monoisotopic (exact) mass is 348 g/mol. The molecule has 2 rings (SSSR count). The van der Waals surface area contributed by atoms with Gasteiger partial charge in [0.2, 0.25) is 0 Å². The summed E-state index contributed by atoms with van der Waals surface area (Å²) in [5, 5.41) is 10.6. The highest BCUT2D eigenvalue weighted by molar-refractivity contribution is 7.92. The third-order valence-corrected chi connectivity index (χ3v) is 4.29. The van der Waals surface area contributed by atoms with Crippen LogP contribution in [0, 0.1) is 21.7 Å². The first-order valence-electron chi connectivity index (χ1n) is 5.62. The van der Waals surface area contributed by atoms with E-state index >= 15 is 0 Å². The van der Waals surface area contributed by atoms with Gasteiger partial charge in [-0.1, -0.05) is 11.6 Å². The van der Waals surface area contributed by atoms with Crippen LogP contribution in [-0.2, 0) is 10.0 Å². The van der Waals surface area contributed by atoms with Crippen LogP contribution in [0.1, 0.15) is 0 Å². The molecule has 0 aromatic heterocycles. The highest BCUT2D eigenvalue weighted by Crippen LogP contribution is 2.28. The Bertz CT molecular complexity index is 858. The van der Waals surface area contributed by atoms with Crippen LogP contribution >= 0.6 is 11.6 Å². The first-order chi connectivity index (χ1) is 10.2. The molecule has 0 fully saturated rings. The van der Waals surface area contributed by atoms with Gasteiger partial charge in [0.05, 0.1) is 15.5 Å². The van der Waals surface area contributed by atoms with E-state index in [1.54, 1.807) is 0 Å². The van der Waals surface area contributed by atoms with Crippen molar-refractivity contribution < 1.29 is 22.1 Å².